The number of aliphatic carboxylic acids is 1. The van der Waals surface area contributed by atoms with Crippen molar-refractivity contribution in [3.05, 3.63) is 34.7 Å². The van der Waals surface area contributed by atoms with Crippen LogP contribution in [0.4, 0.5) is 5.69 Å². The van der Waals surface area contributed by atoms with Gasteiger partial charge in [-0.3, -0.25) is 4.98 Å². The molecule has 1 aliphatic rings. The molecule has 0 aromatic carbocycles. The third kappa shape index (κ3) is 6.88. The van der Waals surface area contributed by atoms with Crippen LogP contribution in [0.3, 0.4) is 0 Å². The summed E-state index contributed by atoms with van der Waals surface area (Å²) in [5.41, 5.74) is 2.97. The number of hydrogen-bond acceptors (Lipinski definition) is 6. The van der Waals surface area contributed by atoms with E-state index in [1.807, 2.05) is 33.8 Å². The third-order valence-corrected chi connectivity index (χ3v) is 6.64. The van der Waals surface area contributed by atoms with Gasteiger partial charge in [0.1, 0.15) is 5.15 Å². The molecule has 1 fully saturated rings. The van der Waals surface area contributed by atoms with E-state index in [9.17, 15) is 9.90 Å². The average molecular weight is 518 g/mol. The maximum Gasteiger partial charge on any atom is 0.337 e. The molecule has 1 atom stereocenters. The Morgan fingerprint density at radius 3 is 2.36 bits per heavy atom. The summed E-state index contributed by atoms with van der Waals surface area (Å²) in [4.78, 5) is 23.9. The van der Waals surface area contributed by atoms with Gasteiger partial charge in [0.15, 0.2) is 6.10 Å². The van der Waals surface area contributed by atoms with Crippen molar-refractivity contribution in [2.75, 3.05) is 24.6 Å². The number of aromatic nitrogens is 2. The number of nitrogens with zero attached hydrogens (tertiary/aromatic N) is 3. The van der Waals surface area contributed by atoms with Crippen molar-refractivity contribution in [2.45, 2.75) is 79.9 Å². The number of anilines is 1. The number of pyridine rings is 2. The summed E-state index contributed by atoms with van der Waals surface area (Å²) in [6.45, 7) is 18.2. The lowest BCUT2D eigenvalue weighted by molar-refractivity contribution is -0.160. The maximum absolute atomic E-state index is 12.5. The lowest BCUT2D eigenvalue weighted by Crippen LogP contribution is -2.39. The van der Waals surface area contributed by atoms with E-state index in [2.05, 4.69) is 42.6 Å². The van der Waals surface area contributed by atoms with E-state index >= 15 is 0 Å². The van der Waals surface area contributed by atoms with Crippen LogP contribution in [0.15, 0.2) is 18.3 Å². The quantitative estimate of drug-likeness (QED) is 0.389. The molecule has 0 bridgehead atoms. The number of aryl methyl sites for hydroxylation is 1. The van der Waals surface area contributed by atoms with E-state index in [0.717, 1.165) is 37.2 Å². The van der Waals surface area contributed by atoms with Crippen molar-refractivity contribution in [3.8, 4) is 17.0 Å². The zero-order chi connectivity index (χ0) is 26.8. The van der Waals surface area contributed by atoms with Gasteiger partial charge < -0.3 is 19.5 Å². The molecule has 36 heavy (non-hydrogen) atoms. The molecule has 0 spiro atoms. The summed E-state index contributed by atoms with van der Waals surface area (Å²) < 4.78 is 11.9. The zero-order valence-electron chi connectivity index (χ0n) is 22.8. The molecule has 1 saturated heterocycles. The smallest absolute Gasteiger partial charge is 0.337 e. The monoisotopic (exact) mass is 517 g/mol. The molecule has 3 heterocycles. The highest BCUT2D eigenvalue weighted by atomic mass is 35.5. The van der Waals surface area contributed by atoms with Gasteiger partial charge in [-0.2, -0.15) is 0 Å². The van der Waals surface area contributed by atoms with Crippen LogP contribution < -0.4 is 9.64 Å². The Balaban J connectivity index is 2.19. The molecule has 3 rings (SSSR count). The van der Waals surface area contributed by atoms with E-state index in [-0.39, 0.29) is 10.6 Å². The molecule has 2 aromatic heterocycles. The minimum atomic E-state index is -1.18. The first kappa shape index (κ1) is 28.2. The predicted molar refractivity (Wildman–Crippen MR) is 144 cm³/mol. The number of carboxylic acids is 1. The Hall–Kier alpha value is -2.38. The zero-order valence-corrected chi connectivity index (χ0v) is 23.6. The highest BCUT2D eigenvalue weighted by molar-refractivity contribution is 6.32. The van der Waals surface area contributed by atoms with Crippen molar-refractivity contribution < 1.29 is 19.4 Å². The largest absolute Gasteiger partial charge is 0.479 e. The van der Waals surface area contributed by atoms with Gasteiger partial charge in [-0.05, 0) is 57.9 Å². The molecule has 2 aromatic rings. The maximum atomic E-state index is 12.5. The number of piperidine rings is 1. The van der Waals surface area contributed by atoms with Crippen LogP contribution in [0.1, 0.15) is 78.7 Å². The molecule has 0 amide bonds. The fourth-order valence-electron chi connectivity index (χ4n) is 4.33. The van der Waals surface area contributed by atoms with Gasteiger partial charge in [0.2, 0.25) is 5.88 Å². The van der Waals surface area contributed by atoms with Crippen LogP contribution >= 0.6 is 11.6 Å². The van der Waals surface area contributed by atoms with E-state index < -0.39 is 17.7 Å². The first-order chi connectivity index (χ1) is 16.7. The van der Waals surface area contributed by atoms with Crippen LogP contribution in [-0.4, -0.2) is 46.3 Å². The SMILES string of the molecule is Cc1ncc(-c2ccc(OCC(C)C)nc2Cl)c(N2CCC(C)(C)CC2)c1C(OC(C)(C)C)C(=O)O. The first-order valence-corrected chi connectivity index (χ1v) is 13.0. The van der Waals surface area contributed by atoms with Crippen LogP contribution in [0, 0.1) is 18.3 Å². The van der Waals surface area contributed by atoms with Gasteiger partial charge >= 0.3 is 5.97 Å². The lowest BCUT2D eigenvalue weighted by Gasteiger charge is -2.41. The Morgan fingerprint density at radius 1 is 1.19 bits per heavy atom. The molecule has 7 nitrogen and oxygen atoms in total. The topological polar surface area (TPSA) is 84.8 Å². The van der Waals surface area contributed by atoms with Crippen molar-refractivity contribution in [2.24, 2.45) is 11.3 Å². The van der Waals surface area contributed by atoms with E-state index in [1.165, 1.54) is 0 Å². The summed E-state index contributed by atoms with van der Waals surface area (Å²) in [6, 6.07) is 3.67. The fourth-order valence-corrected chi connectivity index (χ4v) is 4.58. The molecule has 1 aliphatic heterocycles. The van der Waals surface area contributed by atoms with Crippen LogP contribution in [-0.2, 0) is 9.53 Å². The van der Waals surface area contributed by atoms with E-state index in [4.69, 9.17) is 21.1 Å². The Morgan fingerprint density at radius 2 is 1.83 bits per heavy atom. The first-order valence-electron chi connectivity index (χ1n) is 12.6. The van der Waals surface area contributed by atoms with Gasteiger partial charge in [-0.15, -0.1) is 0 Å². The number of carboxylic acid groups (broad SMARTS) is 1. The highest BCUT2D eigenvalue weighted by Crippen LogP contribution is 2.44. The summed E-state index contributed by atoms with van der Waals surface area (Å²) >= 11 is 6.69. The molecular weight excluding hydrogens is 478 g/mol. The number of rotatable bonds is 8. The normalized spacial score (nSPS) is 16.8. The second-order valence-corrected chi connectivity index (χ2v) is 12.2. The van der Waals surface area contributed by atoms with Crippen molar-refractivity contribution in [3.63, 3.8) is 0 Å². The Labute approximate surface area is 220 Å². The second-order valence-electron chi connectivity index (χ2n) is 11.8. The summed E-state index contributed by atoms with van der Waals surface area (Å²) in [5, 5.41) is 10.5. The summed E-state index contributed by atoms with van der Waals surface area (Å²) in [5.74, 6) is -0.231. The van der Waals surface area contributed by atoms with Crippen LogP contribution in [0.2, 0.25) is 5.15 Å². The number of hydrogen-bond donors (Lipinski definition) is 1. The van der Waals surface area contributed by atoms with E-state index in [0.29, 0.717) is 35.2 Å². The van der Waals surface area contributed by atoms with Crippen LogP contribution in [0.5, 0.6) is 5.88 Å². The van der Waals surface area contributed by atoms with Gasteiger partial charge in [0.05, 0.1) is 17.9 Å². The van der Waals surface area contributed by atoms with Gasteiger partial charge in [-0.25, -0.2) is 9.78 Å². The third-order valence-electron chi connectivity index (χ3n) is 6.36. The number of halogens is 1. The van der Waals surface area contributed by atoms with Crippen molar-refractivity contribution in [1.29, 1.82) is 0 Å². The van der Waals surface area contributed by atoms with Crippen molar-refractivity contribution in [1.82, 2.24) is 9.97 Å². The van der Waals surface area contributed by atoms with Gasteiger partial charge in [0.25, 0.3) is 0 Å². The summed E-state index contributed by atoms with van der Waals surface area (Å²) in [6.07, 6.45) is 2.56. The number of ether oxygens (including phenoxy) is 2. The van der Waals surface area contributed by atoms with Crippen LogP contribution in [0.25, 0.3) is 11.1 Å². The molecule has 8 heteroatoms. The average Bonchev–Trinajstić information content (AvgIpc) is 2.76. The number of carbonyl (C=O) groups is 1. The Kier molecular flexibility index (Phi) is 8.56. The highest BCUT2D eigenvalue weighted by Gasteiger charge is 2.36. The minimum absolute atomic E-state index is 0.224. The molecular formula is C28H40ClN3O4. The molecule has 1 unspecified atom stereocenters. The minimum Gasteiger partial charge on any atom is -0.479 e. The standard InChI is InChI=1S/C28H40ClN3O4/c1-17(2)16-35-21-10-9-19(25(29)31-21)20-15-30-18(3)22(24(26(33)34)36-27(4,5)6)23(20)32-13-11-28(7,8)12-14-32/h9-10,15,17,24H,11-14,16H2,1-8H3,(H,33,34). The van der Waals surface area contributed by atoms with Gasteiger partial charge in [0, 0.05) is 47.7 Å². The molecule has 0 aliphatic carbocycles. The predicted octanol–water partition coefficient (Wildman–Crippen LogP) is 6.71. The lowest BCUT2D eigenvalue weighted by atomic mass is 9.82. The van der Waals surface area contributed by atoms with Gasteiger partial charge in [-0.1, -0.05) is 39.3 Å². The summed E-state index contributed by atoms with van der Waals surface area (Å²) in [7, 11) is 0. The van der Waals surface area contributed by atoms with E-state index in [1.54, 1.807) is 12.3 Å². The second kappa shape index (κ2) is 10.9. The fraction of sp³-hybridized carbons (Fsp3) is 0.607. The molecule has 198 valence electrons. The van der Waals surface area contributed by atoms with Crippen molar-refractivity contribution >= 4 is 23.3 Å². The Bertz CT molecular complexity index is 1080. The molecule has 1 N–H and O–H groups in total. The molecule has 0 saturated carbocycles. The molecule has 0 radical (unpaired) electrons.